The molecular formula is C11H18N4OS. The van der Waals surface area contributed by atoms with Crippen LogP contribution in [-0.4, -0.2) is 53.2 Å². The van der Waals surface area contributed by atoms with Crippen LogP contribution < -0.4 is 5.32 Å². The van der Waals surface area contributed by atoms with Gasteiger partial charge in [-0.2, -0.15) is 11.8 Å². The van der Waals surface area contributed by atoms with E-state index in [1.807, 2.05) is 0 Å². The Kier molecular flexibility index (Phi) is 5.21. The van der Waals surface area contributed by atoms with Crippen LogP contribution in [-0.2, 0) is 0 Å². The molecule has 0 aliphatic carbocycles. The third kappa shape index (κ3) is 4.22. The average molecular weight is 254 g/mol. The Morgan fingerprint density at radius 1 is 1.47 bits per heavy atom. The van der Waals surface area contributed by atoms with Crippen LogP contribution >= 0.6 is 11.8 Å². The van der Waals surface area contributed by atoms with Gasteiger partial charge in [-0.05, 0) is 18.4 Å². The molecule has 0 bridgehead atoms. The zero-order chi connectivity index (χ0) is 12.8. The standard InChI is InChI=1S/C11H18N4OS/c1-8(17-4)7-12-10-6-5-9(13-14-10)11(16)15(2)3/h5-6,8H,7H2,1-4H3,(H,12,14). The van der Waals surface area contributed by atoms with Gasteiger partial charge in [-0.25, -0.2) is 0 Å². The van der Waals surface area contributed by atoms with Crippen LogP contribution in [0.15, 0.2) is 12.1 Å². The Morgan fingerprint density at radius 2 is 2.18 bits per heavy atom. The van der Waals surface area contributed by atoms with Crippen LogP contribution in [0.25, 0.3) is 0 Å². The number of rotatable bonds is 5. The van der Waals surface area contributed by atoms with Gasteiger partial charge < -0.3 is 10.2 Å². The summed E-state index contributed by atoms with van der Waals surface area (Å²) in [5.74, 6) is 0.558. The fourth-order valence-electron chi connectivity index (χ4n) is 1.10. The normalized spacial score (nSPS) is 12.0. The maximum Gasteiger partial charge on any atom is 0.273 e. The Hall–Kier alpha value is -1.30. The lowest BCUT2D eigenvalue weighted by Crippen LogP contribution is -2.23. The second-order valence-corrected chi connectivity index (χ2v) is 5.21. The number of carbonyl (C=O) groups is 1. The quantitative estimate of drug-likeness (QED) is 0.859. The van der Waals surface area contributed by atoms with E-state index in [0.29, 0.717) is 16.8 Å². The first-order valence-electron chi connectivity index (χ1n) is 5.36. The van der Waals surface area contributed by atoms with Gasteiger partial charge in [0.1, 0.15) is 5.82 Å². The van der Waals surface area contributed by atoms with Crippen molar-refractivity contribution >= 4 is 23.5 Å². The number of hydrogen-bond acceptors (Lipinski definition) is 5. The fourth-order valence-corrected chi connectivity index (χ4v) is 1.35. The molecule has 1 aromatic heterocycles. The largest absolute Gasteiger partial charge is 0.367 e. The summed E-state index contributed by atoms with van der Waals surface area (Å²) in [4.78, 5) is 13.0. The molecule has 0 saturated carbocycles. The molecule has 0 spiro atoms. The van der Waals surface area contributed by atoms with Crippen molar-refractivity contribution in [2.45, 2.75) is 12.2 Å². The van der Waals surface area contributed by atoms with Crippen molar-refractivity contribution in [1.82, 2.24) is 15.1 Å². The SMILES string of the molecule is CSC(C)CNc1ccc(C(=O)N(C)C)nn1. The predicted molar refractivity (Wildman–Crippen MR) is 71.5 cm³/mol. The van der Waals surface area contributed by atoms with E-state index in [0.717, 1.165) is 6.54 Å². The zero-order valence-electron chi connectivity index (χ0n) is 10.6. The Bertz CT molecular complexity index is 366. The summed E-state index contributed by atoms with van der Waals surface area (Å²) in [6, 6.07) is 3.46. The summed E-state index contributed by atoms with van der Waals surface area (Å²) in [6.07, 6.45) is 2.07. The molecule has 1 aromatic rings. The van der Waals surface area contributed by atoms with Gasteiger partial charge in [0.05, 0.1) is 0 Å². The van der Waals surface area contributed by atoms with E-state index < -0.39 is 0 Å². The lowest BCUT2D eigenvalue weighted by Gasteiger charge is -2.11. The summed E-state index contributed by atoms with van der Waals surface area (Å²) >= 11 is 1.78. The van der Waals surface area contributed by atoms with Crippen LogP contribution in [0.5, 0.6) is 0 Å². The molecule has 0 saturated heterocycles. The van der Waals surface area contributed by atoms with Gasteiger partial charge in [0.2, 0.25) is 0 Å². The first-order chi connectivity index (χ1) is 8.04. The summed E-state index contributed by atoms with van der Waals surface area (Å²) in [6.45, 7) is 2.96. The van der Waals surface area contributed by atoms with Gasteiger partial charge in [-0.3, -0.25) is 4.79 Å². The summed E-state index contributed by atoms with van der Waals surface area (Å²) < 4.78 is 0. The van der Waals surface area contributed by atoms with E-state index in [4.69, 9.17) is 0 Å². The monoisotopic (exact) mass is 254 g/mol. The fraction of sp³-hybridized carbons (Fsp3) is 0.545. The zero-order valence-corrected chi connectivity index (χ0v) is 11.4. The molecule has 94 valence electrons. The molecule has 1 heterocycles. The molecule has 1 N–H and O–H groups in total. The number of anilines is 1. The summed E-state index contributed by atoms with van der Waals surface area (Å²) in [7, 11) is 3.38. The van der Waals surface area contributed by atoms with Crippen molar-refractivity contribution in [2.24, 2.45) is 0 Å². The van der Waals surface area contributed by atoms with Crippen molar-refractivity contribution in [3.63, 3.8) is 0 Å². The van der Waals surface area contributed by atoms with Gasteiger partial charge in [0.15, 0.2) is 5.69 Å². The molecule has 0 fully saturated rings. The first-order valence-corrected chi connectivity index (χ1v) is 6.65. The summed E-state index contributed by atoms with van der Waals surface area (Å²) in [5, 5.41) is 11.5. The average Bonchev–Trinajstić information content (AvgIpc) is 2.35. The van der Waals surface area contributed by atoms with Gasteiger partial charge >= 0.3 is 0 Å². The minimum atomic E-state index is -0.137. The van der Waals surface area contributed by atoms with E-state index in [-0.39, 0.29) is 5.91 Å². The molecular weight excluding hydrogens is 236 g/mol. The van der Waals surface area contributed by atoms with E-state index >= 15 is 0 Å². The Balaban J connectivity index is 2.59. The number of thioether (sulfide) groups is 1. The molecule has 6 heteroatoms. The van der Waals surface area contributed by atoms with Crippen LogP contribution in [0, 0.1) is 0 Å². The molecule has 1 amide bonds. The number of nitrogens with zero attached hydrogens (tertiary/aromatic N) is 3. The number of aromatic nitrogens is 2. The second-order valence-electron chi connectivity index (χ2n) is 3.93. The highest BCUT2D eigenvalue weighted by atomic mass is 32.2. The minimum Gasteiger partial charge on any atom is -0.367 e. The molecule has 1 atom stereocenters. The van der Waals surface area contributed by atoms with Gasteiger partial charge in [-0.15, -0.1) is 10.2 Å². The smallest absolute Gasteiger partial charge is 0.273 e. The second kappa shape index (κ2) is 6.44. The van der Waals surface area contributed by atoms with Crippen molar-refractivity contribution < 1.29 is 4.79 Å². The van der Waals surface area contributed by atoms with Crippen LogP contribution in [0.4, 0.5) is 5.82 Å². The van der Waals surface area contributed by atoms with E-state index in [1.54, 1.807) is 38.0 Å². The van der Waals surface area contributed by atoms with Gasteiger partial charge in [0.25, 0.3) is 5.91 Å². The maximum atomic E-state index is 11.6. The first kappa shape index (κ1) is 13.8. The Labute approximate surface area is 106 Å². The van der Waals surface area contributed by atoms with Crippen molar-refractivity contribution in [3.05, 3.63) is 17.8 Å². The van der Waals surface area contributed by atoms with Gasteiger partial charge in [-0.1, -0.05) is 6.92 Å². The molecule has 1 rings (SSSR count). The molecule has 0 aliphatic heterocycles. The third-order valence-corrected chi connectivity index (χ3v) is 3.23. The van der Waals surface area contributed by atoms with Crippen LogP contribution in [0.3, 0.4) is 0 Å². The molecule has 5 nitrogen and oxygen atoms in total. The van der Waals surface area contributed by atoms with E-state index in [2.05, 4.69) is 28.7 Å². The minimum absolute atomic E-state index is 0.137. The van der Waals surface area contributed by atoms with E-state index in [1.165, 1.54) is 4.90 Å². The predicted octanol–water partition coefficient (Wildman–Crippen LogP) is 1.34. The Morgan fingerprint density at radius 3 is 2.65 bits per heavy atom. The third-order valence-electron chi connectivity index (χ3n) is 2.26. The molecule has 0 aromatic carbocycles. The van der Waals surface area contributed by atoms with E-state index in [9.17, 15) is 4.79 Å². The number of carbonyl (C=O) groups excluding carboxylic acids is 1. The molecule has 0 aliphatic rings. The van der Waals surface area contributed by atoms with Crippen LogP contribution in [0.2, 0.25) is 0 Å². The summed E-state index contributed by atoms with van der Waals surface area (Å²) in [5.41, 5.74) is 0.360. The topological polar surface area (TPSA) is 58.1 Å². The highest BCUT2D eigenvalue weighted by Gasteiger charge is 2.10. The van der Waals surface area contributed by atoms with Crippen molar-refractivity contribution in [3.8, 4) is 0 Å². The lowest BCUT2D eigenvalue weighted by atomic mass is 10.3. The number of hydrogen-bond donors (Lipinski definition) is 1. The molecule has 1 unspecified atom stereocenters. The maximum absolute atomic E-state index is 11.6. The molecule has 17 heavy (non-hydrogen) atoms. The number of nitrogens with one attached hydrogen (secondary N) is 1. The van der Waals surface area contributed by atoms with Crippen molar-refractivity contribution in [2.75, 3.05) is 32.2 Å². The van der Waals surface area contributed by atoms with Crippen LogP contribution in [0.1, 0.15) is 17.4 Å². The molecule has 0 radical (unpaired) electrons. The number of amides is 1. The highest BCUT2D eigenvalue weighted by Crippen LogP contribution is 2.08. The van der Waals surface area contributed by atoms with Crippen molar-refractivity contribution in [1.29, 1.82) is 0 Å². The highest BCUT2D eigenvalue weighted by molar-refractivity contribution is 7.99. The van der Waals surface area contributed by atoms with Gasteiger partial charge in [0, 0.05) is 25.9 Å². The lowest BCUT2D eigenvalue weighted by molar-refractivity contribution is 0.0821.